The molecule has 0 fully saturated rings. The average Bonchev–Trinajstić information content (AvgIpc) is 2.16. The molecule has 0 saturated carbocycles. The summed E-state index contributed by atoms with van der Waals surface area (Å²) in [6.45, 7) is 0.515. The molecule has 0 spiro atoms. The first-order chi connectivity index (χ1) is 6.72. The van der Waals surface area contributed by atoms with E-state index in [0.29, 0.717) is 12.2 Å². The van der Waals surface area contributed by atoms with E-state index in [1.54, 1.807) is 12.1 Å². The number of nitrogens with one attached hydrogen (secondary N) is 1. The van der Waals surface area contributed by atoms with Gasteiger partial charge in [-0.1, -0.05) is 24.3 Å². The molecular formula is C10H13N3O. The Morgan fingerprint density at radius 3 is 2.50 bits per heavy atom. The van der Waals surface area contributed by atoms with Crippen molar-refractivity contribution in [2.75, 3.05) is 11.9 Å². The molecule has 5 N–H and O–H groups in total. The van der Waals surface area contributed by atoms with Crippen LogP contribution in [0.4, 0.5) is 10.5 Å². The zero-order valence-corrected chi connectivity index (χ0v) is 7.73. The smallest absolute Gasteiger partial charge is 0.316 e. The Morgan fingerprint density at radius 1 is 1.36 bits per heavy atom. The van der Waals surface area contributed by atoms with Crippen molar-refractivity contribution < 1.29 is 4.79 Å². The van der Waals surface area contributed by atoms with Crippen molar-refractivity contribution in [1.82, 2.24) is 0 Å². The summed E-state index contributed by atoms with van der Waals surface area (Å²) >= 11 is 0. The molecule has 14 heavy (non-hydrogen) atoms. The van der Waals surface area contributed by atoms with Crippen LogP contribution in [0.2, 0.25) is 0 Å². The lowest BCUT2D eigenvalue weighted by Crippen LogP contribution is -2.19. The lowest BCUT2D eigenvalue weighted by molar-refractivity contribution is 0.259. The Balaban J connectivity index is 2.68. The highest BCUT2D eigenvalue weighted by Crippen LogP contribution is 2.10. The largest absolute Gasteiger partial charge is 0.351 e. The van der Waals surface area contributed by atoms with Crippen LogP contribution in [0.1, 0.15) is 5.56 Å². The molecule has 4 heteroatoms. The van der Waals surface area contributed by atoms with Crippen LogP contribution in [-0.2, 0) is 0 Å². The van der Waals surface area contributed by atoms with Crippen molar-refractivity contribution in [2.45, 2.75) is 0 Å². The number of primary amides is 1. The fourth-order valence-electron chi connectivity index (χ4n) is 1.02. The quantitative estimate of drug-likeness (QED) is 0.669. The molecule has 1 aromatic carbocycles. The van der Waals surface area contributed by atoms with Gasteiger partial charge in [0.2, 0.25) is 0 Å². The summed E-state index contributed by atoms with van der Waals surface area (Å²) in [6, 6.07) is 6.74. The van der Waals surface area contributed by atoms with Crippen LogP contribution in [-0.4, -0.2) is 12.6 Å². The maximum atomic E-state index is 10.5. The van der Waals surface area contributed by atoms with Crippen LogP contribution in [0.25, 0.3) is 6.08 Å². The van der Waals surface area contributed by atoms with Gasteiger partial charge in [-0.05, 0) is 17.7 Å². The number of carbonyl (C=O) groups excluding carboxylic acids is 1. The number of nitrogens with two attached hydrogens (primary N) is 2. The monoisotopic (exact) mass is 191 g/mol. The van der Waals surface area contributed by atoms with E-state index >= 15 is 0 Å². The minimum absolute atomic E-state index is 0.515. The van der Waals surface area contributed by atoms with Gasteiger partial charge in [-0.15, -0.1) is 0 Å². The first-order valence-electron chi connectivity index (χ1n) is 4.25. The van der Waals surface area contributed by atoms with E-state index < -0.39 is 6.03 Å². The van der Waals surface area contributed by atoms with E-state index in [9.17, 15) is 4.79 Å². The SMILES string of the molecule is NCC=Cc1ccc(NC(N)=O)cc1. The second-order valence-corrected chi connectivity index (χ2v) is 2.75. The van der Waals surface area contributed by atoms with Gasteiger partial charge in [-0.2, -0.15) is 0 Å². The minimum Gasteiger partial charge on any atom is -0.351 e. The van der Waals surface area contributed by atoms with Crippen molar-refractivity contribution in [1.29, 1.82) is 0 Å². The van der Waals surface area contributed by atoms with E-state index in [2.05, 4.69) is 5.32 Å². The Hall–Kier alpha value is -1.81. The molecule has 0 aliphatic rings. The molecule has 0 heterocycles. The molecular weight excluding hydrogens is 178 g/mol. The van der Waals surface area contributed by atoms with Crippen molar-refractivity contribution >= 4 is 17.8 Å². The highest BCUT2D eigenvalue weighted by atomic mass is 16.2. The Kier molecular flexibility index (Phi) is 3.69. The molecule has 2 amide bonds. The summed E-state index contributed by atoms with van der Waals surface area (Å²) in [5.41, 5.74) is 12.0. The van der Waals surface area contributed by atoms with E-state index in [-0.39, 0.29) is 0 Å². The zero-order valence-electron chi connectivity index (χ0n) is 7.73. The van der Waals surface area contributed by atoms with Gasteiger partial charge in [0.25, 0.3) is 0 Å². The first-order valence-corrected chi connectivity index (χ1v) is 4.25. The molecule has 1 rings (SSSR count). The van der Waals surface area contributed by atoms with Gasteiger partial charge in [-0.3, -0.25) is 0 Å². The zero-order chi connectivity index (χ0) is 10.4. The van der Waals surface area contributed by atoms with E-state index in [1.165, 1.54) is 0 Å². The molecule has 0 atom stereocenters. The highest BCUT2D eigenvalue weighted by Gasteiger charge is 1.94. The first kappa shape index (κ1) is 10.3. The Morgan fingerprint density at radius 2 is 2.00 bits per heavy atom. The topological polar surface area (TPSA) is 81.1 Å². The van der Waals surface area contributed by atoms with Crippen LogP contribution in [0.3, 0.4) is 0 Å². The third-order valence-corrected chi connectivity index (χ3v) is 1.62. The van der Waals surface area contributed by atoms with Crippen LogP contribution in [0, 0.1) is 0 Å². The van der Waals surface area contributed by atoms with Gasteiger partial charge < -0.3 is 16.8 Å². The summed E-state index contributed by atoms with van der Waals surface area (Å²) in [6.07, 6.45) is 3.77. The maximum absolute atomic E-state index is 10.5. The third-order valence-electron chi connectivity index (χ3n) is 1.62. The van der Waals surface area contributed by atoms with Gasteiger partial charge in [0.15, 0.2) is 0 Å². The Bertz CT molecular complexity index is 330. The number of hydrogen-bond donors (Lipinski definition) is 3. The molecule has 0 aliphatic heterocycles. The highest BCUT2D eigenvalue weighted by molar-refractivity contribution is 5.87. The predicted octanol–water partition coefficient (Wildman–Crippen LogP) is 1.15. The number of carbonyl (C=O) groups is 1. The number of hydrogen-bond acceptors (Lipinski definition) is 2. The molecule has 0 unspecified atom stereocenters. The second kappa shape index (κ2) is 5.04. The molecule has 74 valence electrons. The summed E-state index contributed by atoms with van der Waals surface area (Å²) < 4.78 is 0. The predicted molar refractivity (Wildman–Crippen MR) is 57.7 cm³/mol. The summed E-state index contributed by atoms with van der Waals surface area (Å²) in [5, 5.41) is 2.48. The van der Waals surface area contributed by atoms with Crippen molar-refractivity contribution in [3.63, 3.8) is 0 Å². The molecule has 0 aliphatic carbocycles. The van der Waals surface area contributed by atoms with E-state index in [0.717, 1.165) is 5.56 Å². The summed E-state index contributed by atoms with van der Waals surface area (Å²) in [7, 11) is 0. The molecule has 0 radical (unpaired) electrons. The molecule has 0 aromatic heterocycles. The van der Waals surface area contributed by atoms with Crippen LogP contribution >= 0.6 is 0 Å². The van der Waals surface area contributed by atoms with Gasteiger partial charge in [0.1, 0.15) is 0 Å². The Labute approximate surface area is 82.6 Å². The molecule has 0 bridgehead atoms. The fraction of sp³-hybridized carbons (Fsp3) is 0.100. The third kappa shape index (κ3) is 3.28. The number of rotatable bonds is 3. The van der Waals surface area contributed by atoms with Crippen LogP contribution in [0.5, 0.6) is 0 Å². The normalized spacial score (nSPS) is 10.4. The minimum atomic E-state index is -0.560. The summed E-state index contributed by atoms with van der Waals surface area (Å²) in [4.78, 5) is 10.5. The number of urea groups is 1. The maximum Gasteiger partial charge on any atom is 0.316 e. The van der Waals surface area contributed by atoms with Crippen molar-refractivity contribution in [3.8, 4) is 0 Å². The van der Waals surface area contributed by atoms with Crippen LogP contribution in [0.15, 0.2) is 30.3 Å². The van der Waals surface area contributed by atoms with Gasteiger partial charge in [0.05, 0.1) is 0 Å². The fourth-order valence-corrected chi connectivity index (χ4v) is 1.02. The van der Waals surface area contributed by atoms with Crippen LogP contribution < -0.4 is 16.8 Å². The molecule has 1 aromatic rings. The number of anilines is 1. The van der Waals surface area contributed by atoms with Gasteiger partial charge in [-0.25, -0.2) is 4.79 Å². The lowest BCUT2D eigenvalue weighted by atomic mass is 10.2. The van der Waals surface area contributed by atoms with Crippen molar-refractivity contribution in [3.05, 3.63) is 35.9 Å². The van der Waals surface area contributed by atoms with Gasteiger partial charge >= 0.3 is 6.03 Å². The molecule has 4 nitrogen and oxygen atoms in total. The average molecular weight is 191 g/mol. The second-order valence-electron chi connectivity index (χ2n) is 2.75. The van der Waals surface area contributed by atoms with Crippen molar-refractivity contribution in [2.24, 2.45) is 11.5 Å². The lowest BCUT2D eigenvalue weighted by Gasteiger charge is -2.01. The summed E-state index contributed by atoms with van der Waals surface area (Å²) in [5.74, 6) is 0. The van der Waals surface area contributed by atoms with Gasteiger partial charge in [0, 0.05) is 12.2 Å². The number of amides is 2. The number of benzene rings is 1. The van der Waals surface area contributed by atoms with E-state index in [1.807, 2.05) is 24.3 Å². The standard InChI is InChI=1S/C10H13N3O/c11-7-1-2-8-3-5-9(6-4-8)13-10(12)14/h1-6H,7,11H2,(H3,12,13,14). The molecule has 0 saturated heterocycles. The van der Waals surface area contributed by atoms with E-state index in [4.69, 9.17) is 11.5 Å².